The number of nitrogens with zero attached hydrogens (tertiary/aromatic N) is 2. The van der Waals surface area contributed by atoms with E-state index in [2.05, 4.69) is 0 Å². The van der Waals surface area contributed by atoms with E-state index in [1.54, 1.807) is 4.90 Å². The zero-order valence-corrected chi connectivity index (χ0v) is 9.50. The van der Waals surface area contributed by atoms with Gasteiger partial charge in [-0.05, 0) is 31.4 Å². The number of hydrogen-bond acceptors (Lipinski definition) is 2. The van der Waals surface area contributed by atoms with E-state index in [9.17, 15) is 9.59 Å². The van der Waals surface area contributed by atoms with Gasteiger partial charge in [0.2, 0.25) is 0 Å². The van der Waals surface area contributed by atoms with Crippen molar-refractivity contribution in [2.45, 2.75) is 25.3 Å². The third-order valence-electron chi connectivity index (χ3n) is 3.51. The summed E-state index contributed by atoms with van der Waals surface area (Å²) in [7, 11) is 0. The zero-order valence-electron chi connectivity index (χ0n) is 9.50. The van der Waals surface area contributed by atoms with Crippen LogP contribution in [0.4, 0.5) is 10.5 Å². The van der Waals surface area contributed by atoms with Crippen LogP contribution in [0.15, 0.2) is 30.3 Å². The maximum Gasteiger partial charge on any atom is 0.331 e. The van der Waals surface area contributed by atoms with Gasteiger partial charge in [-0.3, -0.25) is 14.6 Å². The number of carbonyl (C=O) groups is 2. The molecule has 0 atom stereocenters. The maximum atomic E-state index is 12.2. The van der Waals surface area contributed by atoms with Crippen molar-refractivity contribution in [3.8, 4) is 0 Å². The first kappa shape index (κ1) is 10.3. The fourth-order valence-electron chi connectivity index (χ4n) is 2.33. The molecule has 0 N–H and O–H groups in total. The Kier molecular flexibility index (Phi) is 2.35. The van der Waals surface area contributed by atoms with Crippen molar-refractivity contribution in [1.82, 2.24) is 4.90 Å². The SMILES string of the molecule is O=C1CN(c2ccccc2)C(=O)N1C1CCC1. The Bertz CT molecular complexity index is 454. The van der Waals surface area contributed by atoms with Gasteiger partial charge in [0, 0.05) is 11.7 Å². The maximum absolute atomic E-state index is 12.2. The molecule has 1 saturated heterocycles. The summed E-state index contributed by atoms with van der Waals surface area (Å²) in [5.74, 6) is -0.0662. The summed E-state index contributed by atoms with van der Waals surface area (Å²) in [5.41, 5.74) is 0.799. The molecule has 0 bridgehead atoms. The number of anilines is 1. The predicted molar refractivity (Wildman–Crippen MR) is 63.7 cm³/mol. The van der Waals surface area contributed by atoms with Crippen molar-refractivity contribution >= 4 is 17.6 Å². The van der Waals surface area contributed by atoms with Crippen molar-refractivity contribution < 1.29 is 9.59 Å². The molecule has 4 heteroatoms. The first-order valence-electron chi connectivity index (χ1n) is 5.96. The van der Waals surface area contributed by atoms with Gasteiger partial charge in [0.15, 0.2) is 0 Å². The standard InChI is InChI=1S/C13H14N2O2/c16-12-9-14(10-5-2-1-3-6-10)13(17)15(12)11-7-4-8-11/h1-3,5-6,11H,4,7-9H2. The molecule has 3 rings (SSSR count). The molecule has 0 radical (unpaired) electrons. The monoisotopic (exact) mass is 230 g/mol. The summed E-state index contributed by atoms with van der Waals surface area (Å²) in [4.78, 5) is 27.0. The van der Waals surface area contributed by atoms with Crippen LogP contribution in [-0.4, -0.2) is 29.4 Å². The predicted octanol–water partition coefficient (Wildman–Crippen LogP) is 2.01. The highest BCUT2D eigenvalue weighted by molar-refractivity contribution is 6.12. The molecule has 1 aliphatic heterocycles. The molecule has 3 amide bonds. The second-order valence-electron chi connectivity index (χ2n) is 4.55. The minimum atomic E-state index is -0.161. The summed E-state index contributed by atoms with van der Waals surface area (Å²) in [6, 6.07) is 9.34. The van der Waals surface area contributed by atoms with Crippen molar-refractivity contribution in [2.75, 3.05) is 11.4 Å². The van der Waals surface area contributed by atoms with E-state index in [-0.39, 0.29) is 24.5 Å². The topological polar surface area (TPSA) is 40.6 Å². The Labute approximate surface area is 99.8 Å². The number of para-hydroxylation sites is 1. The van der Waals surface area contributed by atoms with Crippen LogP contribution in [0.5, 0.6) is 0 Å². The molecule has 0 spiro atoms. The molecule has 2 aliphatic rings. The summed E-state index contributed by atoms with van der Waals surface area (Å²) in [6.45, 7) is 0.180. The van der Waals surface area contributed by atoms with E-state index in [0.717, 1.165) is 24.9 Å². The second kappa shape index (κ2) is 3.87. The lowest BCUT2D eigenvalue weighted by atomic mass is 9.92. The fourth-order valence-corrected chi connectivity index (χ4v) is 2.33. The first-order valence-corrected chi connectivity index (χ1v) is 5.96. The number of urea groups is 1. The van der Waals surface area contributed by atoms with Crippen LogP contribution in [-0.2, 0) is 4.79 Å². The van der Waals surface area contributed by atoms with Crippen LogP contribution in [0, 0.1) is 0 Å². The van der Waals surface area contributed by atoms with E-state index in [4.69, 9.17) is 0 Å². The van der Waals surface area contributed by atoms with Gasteiger partial charge in [-0.2, -0.15) is 0 Å². The minimum Gasteiger partial charge on any atom is -0.285 e. The molecule has 1 aromatic carbocycles. The number of hydrogen-bond donors (Lipinski definition) is 0. The van der Waals surface area contributed by atoms with Gasteiger partial charge in [-0.1, -0.05) is 18.2 Å². The van der Waals surface area contributed by atoms with Crippen molar-refractivity contribution in [3.63, 3.8) is 0 Å². The van der Waals surface area contributed by atoms with E-state index in [1.807, 2.05) is 30.3 Å². The van der Waals surface area contributed by atoms with Gasteiger partial charge < -0.3 is 0 Å². The van der Waals surface area contributed by atoms with E-state index in [1.165, 1.54) is 4.90 Å². The quantitative estimate of drug-likeness (QED) is 0.729. The number of carbonyl (C=O) groups excluding carboxylic acids is 2. The van der Waals surface area contributed by atoms with Crippen molar-refractivity contribution in [2.24, 2.45) is 0 Å². The van der Waals surface area contributed by atoms with E-state index >= 15 is 0 Å². The molecular formula is C13H14N2O2. The molecule has 17 heavy (non-hydrogen) atoms. The molecule has 2 fully saturated rings. The smallest absolute Gasteiger partial charge is 0.285 e. The largest absolute Gasteiger partial charge is 0.331 e. The van der Waals surface area contributed by atoms with Crippen LogP contribution in [0.3, 0.4) is 0 Å². The van der Waals surface area contributed by atoms with E-state index in [0.29, 0.717) is 0 Å². The molecule has 88 valence electrons. The second-order valence-corrected chi connectivity index (χ2v) is 4.55. The zero-order chi connectivity index (χ0) is 11.8. The summed E-state index contributed by atoms with van der Waals surface area (Å²) < 4.78 is 0. The van der Waals surface area contributed by atoms with Crippen molar-refractivity contribution in [3.05, 3.63) is 30.3 Å². The molecule has 1 aromatic rings. The van der Waals surface area contributed by atoms with Crippen LogP contribution in [0.1, 0.15) is 19.3 Å². The van der Waals surface area contributed by atoms with Crippen LogP contribution in [0.2, 0.25) is 0 Å². The van der Waals surface area contributed by atoms with Crippen LogP contribution < -0.4 is 4.90 Å². The molecule has 0 unspecified atom stereocenters. The number of rotatable bonds is 2. The Balaban J connectivity index is 1.85. The Morgan fingerprint density at radius 3 is 2.35 bits per heavy atom. The van der Waals surface area contributed by atoms with Gasteiger partial charge in [0.1, 0.15) is 6.54 Å². The lowest BCUT2D eigenvalue weighted by Crippen LogP contribution is -2.44. The molecule has 1 aliphatic carbocycles. The first-order chi connectivity index (χ1) is 8.27. The van der Waals surface area contributed by atoms with Crippen LogP contribution in [0.25, 0.3) is 0 Å². The molecule has 4 nitrogen and oxygen atoms in total. The Morgan fingerprint density at radius 1 is 1.06 bits per heavy atom. The van der Waals surface area contributed by atoms with Gasteiger partial charge >= 0.3 is 6.03 Å². The highest BCUT2D eigenvalue weighted by Gasteiger charge is 2.42. The van der Waals surface area contributed by atoms with Gasteiger partial charge in [0.25, 0.3) is 5.91 Å². The lowest BCUT2D eigenvalue weighted by Gasteiger charge is -2.32. The molecule has 1 saturated carbocycles. The fraction of sp³-hybridized carbons (Fsp3) is 0.385. The average molecular weight is 230 g/mol. The number of benzene rings is 1. The summed E-state index contributed by atoms with van der Waals surface area (Å²) >= 11 is 0. The van der Waals surface area contributed by atoms with Crippen LogP contribution >= 0.6 is 0 Å². The highest BCUT2D eigenvalue weighted by atomic mass is 16.2. The highest BCUT2D eigenvalue weighted by Crippen LogP contribution is 2.30. The summed E-state index contributed by atoms with van der Waals surface area (Å²) in [5, 5.41) is 0. The Morgan fingerprint density at radius 2 is 1.76 bits per heavy atom. The molecule has 1 heterocycles. The summed E-state index contributed by atoms with van der Waals surface area (Å²) in [6.07, 6.45) is 3.04. The third-order valence-corrected chi connectivity index (χ3v) is 3.51. The molecular weight excluding hydrogens is 216 g/mol. The Hall–Kier alpha value is -1.84. The minimum absolute atomic E-state index is 0.0662. The van der Waals surface area contributed by atoms with Gasteiger partial charge in [0.05, 0.1) is 0 Å². The number of imide groups is 1. The number of amides is 3. The third kappa shape index (κ3) is 1.60. The average Bonchev–Trinajstić information content (AvgIpc) is 2.56. The lowest BCUT2D eigenvalue weighted by molar-refractivity contribution is -0.127. The van der Waals surface area contributed by atoms with Gasteiger partial charge in [-0.25, -0.2) is 4.79 Å². The van der Waals surface area contributed by atoms with Gasteiger partial charge in [-0.15, -0.1) is 0 Å². The normalized spacial score (nSPS) is 20.9. The molecule has 0 aromatic heterocycles. The van der Waals surface area contributed by atoms with E-state index < -0.39 is 0 Å². The van der Waals surface area contributed by atoms with Crippen molar-refractivity contribution in [1.29, 1.82) is 0 Å².